The predicted molar refractivity (Wildman–Crippen MR) is 66.8 cm³/mol. The van der Waals surface area contributed by atoms with Gasteiger partial charge in [0.05, 0.1) is 0 Å². The highest BCUT2D eigenvalue weighted by molar-refractivity contribution is 5.90. The summed E-state index contributed by atoms with van der Waals surface area (Å²) < 4.78 is 1.98. The van der Waals surface area contributed by atoms with Crippen molar-refractivity contribution in [2.45, 2.75) is 12.8 Å². The zero-order valence-corrected chi connectivity index (χ0v) is 9.60. The molecule has 0 bridgehead atoms. The molecule has 17 heavy (non-hydrogen) atoms. The maximum absolute atomic E-state index is 10.6. The molecular formula is C14H13NO2. The molecule has 0 saturated heterocycles. The van der Waals surface area contributed by atoms with Crippen molar-refractivity contribution in [1.29, 1.82) is 0 Å². The average molecular weight is 227 g/mol. The van der Waals surface area contributed by atoms with Crippen LogP contribution in [-0.2, 0) is 18.3 Å². The molecule has 0 aliphatic rings. The minimum absolute atomic E-state index is 0.123. The fraction of sp³-hybridized carbons (Fsp3) is 0.214. The summed E-state index contributed by atoms with van der Waals surface area (Å²) in [4.78, 5) is 10.6. The summed E-state index contributed by atoms with van der Waals surface area (Å²) in [6, 6.07) is 5.78. The van der Waals surface area contributed by atoms with Crippen molar-refractivity contribution in [2.24, 2.45) is 7.05 Å². The Morgan fingerprint density at radius 3 is 2.94 bits per heavy atom. The second kappa shape index (κ2) is 4.34. The summed E-state index contributed by atoms with van der Waals surface area (Å²) in [5.41, 5.74) is 2.86. The van der Waals surface area contributed by atoms with E-state index in [1.54, 1.807) is 0 Å². The van der Waals surface area contributed by atoms with Crippen LogP contribution in [0.5, 0.6) is 0 Å². The lowest BCUT2D eigenvalue weighted by atomic mass is 10.0. The largest absolute Gasteiger partial charge is 0.481 e. The summed E-state index contributed by atoms with van der Waals surface area (Å²) in [5, 5.41) is 9.73. The van der Waals surface area contributed by atoms with Gasteiger partial charge in [0.25, 0.3) is 0 Å². The first-order chi connectivity index (χ1) is 8.13. The standard InChI is InChI=1S/C14H13NO2/c1-3-10-5-4-6-12-14(10)11(9-15(12)2)7-8-13(16)17/h1,4-6,9H,7-8H2,2H3,(H,16,17). The van der Waals surface area contributed by atoms with Crippen LogP contribution in [0, 0.1) is 12.3 Å². The number of hydrogen-bond donors (Lipinski definition) is 1. The van der Waals surface area contributed by atoms with E-state index >= 15 is 0 Å². The summed E-state index contributed by atoms with van der Waals surface area (Å²) in [7, 11) is 1.94. The van der Waals surface area contributed by atoms with E-state index in [-0.39, 0.29) is 6.42 Å². The number of aromatic nitrogens is 1. The monoisotopic (exact) mass is 227 g/mol. The smallest absolute Gasteiger partial charge is 0.303 e. The van der Waals surface area contributed by atoms with Crippen LogP contribution in [0.1, 0.15) is 17.5 Å². The lowest BCUT2D eigenvalue weighted by Gasteiger charge is -1.99. The average Bonchev–Trinajstić information content (AvgIpc) is 2.64. The minimum atomic E-state index is -0.791. The van der Waals surface area contributed by atoms with Crippen molar-refractivity contribution in [3.8, 4) is 12.3 Å². The Labute approximate surface area is 99.7 Å². The first kappa shape index (κ1) is 11.3. The molecule has 0 unspecified atom stereocenters. The molecule has 3 heteroatoms. The van der Waals surface area contributed by atoms with E-state index < -0.39 is 5.97 Å². The van der Waals surface area contributed by atoms with Crippen LogP contribution in [-0.4, -0.2) is 15.6 Å². The van der Waals surface area contributed by atoms with E-state index in [1.807, 2.05) is 36.0 Å². The highest BCUT2D eigenvalue weighted by Crippen LogP contribution is 2.25. The molecule has 3 nitrogen and oxygen atoms in total. The van der Waals surface area contributed by atoms with Crippen molar-refractivity contribution in [3.63, 3.8) is 0 Å². The lowest BCUT2D eigenvalue weighted by molar-refractivity contribution is -0.136. The first-order valence-electron chi connectivity index (χ1n) is 5.39. The van der Waals surface area contributed by atoms with Gasteiger partial charge in [0.15, 0.2) is 0 Å². The molecule has 1 heterocycles. The zero-order chi connectivity index (χ0) is 12.4. The molecular weight excluding hydrogens is 214 g/mol. The van der Waals surface area contributed by atoms with Crippen molar-refractivity contribution in [1.82, 2.24) is 4.57 Å². The minimum Gasteiger partial charge on any atom is -0.481 e. The quantitative estimate of drug-likeness (QED) is 0.816. The number of terminal acetylenes is 1. The molecule has 86 valence electrons. The molecule has 1 N–H and O–H groups in total. The van der Waals surface area contributed by atoms with Crippen LogP contribution in [0.2, 0.25) is 0 Å². The van der Waals surface area contributed by atoms with Gasteiger partial charge in [0.1, 0.15) is 0 Å². The van der Waals surface area contributed by atoms with Gasteiger partial charge in [-0.3, -0.25) is 4.79 Å². The van der Waals surface area contributed by atoms with E-state index in [0.717, 1.165) is 22.0 Å². The lowest BCUT2D eigenvalue weighted by Crippen LogP contribution is -1.97. The number of benzene rings is 1. The van der Waals surface area contributed by atoms with Gasteiger partial charge < -0.3 is 9.67 Å². The molecule has 0 fully saturated rings. The van der Waals surface area contributed by atoms with E-state index in [2.05, 4.69) is 5.92 Å². The molecule has 0 atom stereocenters. The molecule has 0 spiro atoms. The third-order valence-electron chi connectivity index (χ3n) is 2.86. The van der Waals surface area contributed by atoms with Crippen LogP contribution < -0.4 is 0 Å². The molecule has 0 amide bonds. The molecule has 0 saturated carbocycles. The van der Waals surface area contributed by atoms with Gasteiger partial charge in [0, 0.05) is 36.1 Å². The summed E-state index contributed by atoms with van der Waals surface area (Å²) in [6.45, 7) is 0. The topological polar surface area (TPSA) is 42.2 Å². The van der Waals surface area contributed by atoms with Crippen LogP contribution in [0.4, 0.5) is 0 Å². The van der Waals surface area contributed by atoms with E-state index in [0.29, 0.717) is 6.42 Å². The molecule has 2 aromatic rings. The van der Waals surface area contributed by atoms with Crippen LogP contribution >= 0.6 is 0 Å². The molecule has 1 aromatic carbocycles. The number of carboxylic acid groups (broad SMARTS) is 1. The zero-order valence-electron chi connectivity index (χ0n) is 9.60. The Balaban J connectivity index is 2.56. The molecule has 0 aliphatic heterocycles. The number of carboxylic acids is 1. The SMILES string of the molecule is C#Cc1cccc2c1c(CCC(=O)O)cn2C. The van der Waals surface area contributed by atoms with Crippen LogP contribution in [0.25, 0.3) is 10.9 Å². The fourth-order valence-corrected chi connectivity index (χ4v) is 2.09. The van der Waals surface area contributed by atoms with Gasteiger partial charge in [-0.15, -0.1) is 6.42 Å². The molecule has 1 aromatic heterocycles. The normalized spacial score (nSPS) is 10.4. The molecule has 0 radical (unpaired) electrons. The Morgan fingerprint density at radius 1 is 1.53 bits per heavy atom. The van der Waals surface area contributed by atoms with Crippen molar-refractivity contribution < 1.29 is 9.90 Å². The number of aliphatic carboxylic acids is 1. The number of hydrogen-bond acceptors (Lipinski definition) is 1. The van der Waals surface area contributed by atoms with Crippen molar-refractivity contribution >= 4 is 16.9 Å². The second-order valence-electron chi connectivity index (χ2n) is 4.00. The Kier molecular flexibility index (Phi) is 2.88. The first-order valence-corrected chi connectivity index (χ1v) is 5.39. The van der Waals surface area contributed by atoms with Crippen molar-refractivity contribution in [3.05, 3.63) is 35.5 Å². The fourth-order valence-electron chi connectivity index (χ4n) is 2.09. The van der Waals surface area contributed by atoms with Gasteiger partial charge >= 0.3 is 5.97 Å². The number of fused-ring (bicyclic) bond motifs is 1. The second-order valence-corrected chi connectivity index (χ2v) is 4.00. The number of carbonyl (C=O) groups is 1. The van der Waals surface area contributed by atoms with Crippen LogP contribution in [0.15, 0.2) is 24.4 Å². The summed E-state index contributed by atoms with van der Waals surface area (Å²) >= 11 is 0. The molecule has 0 aliphatic carbocycles. The van der Waals surface area contributed by atoms with Gasteiger partial charge in [-0.05, 0) is 24.1 Å². The maximum Gasteiger partial charge on any atom is 0.303 e. The number of aryl methyl sites for hydroxylation is 2. The highest BCUT2D eigenvalue weighted by atomic mass is 16.4. The number of nitrogens with zero attached hydrogens (tertiary/aromatic N) is 1. The predicted octanol–water partition coefficient (Wildman–Crippen LogP) is 2.18. The van der Waals surface area contributed by atoms with Gasteiger partial charge in [-0.25, -0.2) is 0 Å². The highest BCUT2D eigenvalue weighted by Gasteiger charge is 2.10. The van der Waals surface area contributed by atoms with Gasteiger partial charge in [-0.1, -0.05) is 12.0 Å². The van der Waals surface area contributed by atoms with Crippen molar-refractivity contribution in [2.75, 3.05) is 0 Å². The summed E-state index contributed by atoms with van der Waals surface area (Å²) in [6.07, 6.45) is 8.06. The Morgan fingerprint density at radius 2 is 2.29 bits per heavy atom. The third kappa shape index (κ3) is 2.02. The Hall–Kier alpha value is -2.21. The van der Waals surface area contributed by atoms with E-state index in [1.165, 1.54) is 0 Å². The summed E-state index contributed by atoms with van der Waals surface area (Å²) in [5.74, 6) is 1.86. The van der Waals surface area contributed by atoms with E-state index in [4.69, 9.17) is 11.5 Å². The molecule has 2 rings (SSSR count). The van der Waals surface area contributed by atoms with Gasteiger partial charge in [-0.2, -0.15) is 0 Å². The number of rotatable bonds is 3. The van der Waals surface area contributed by atoms with E-state index in [9.17, 15) is 4.79 Å². The third-order valence-corrected chi connectivity index (χ3v) is 2.86. The van der Waals surface area contributed by atoms with Gasteiger partial charge in [0.2, 0.25) is 0 Å². The van der Waals surface area contributed by atoms with Crippen LogP contribution in [0.3, 0.4) is 0 Å². The Bertz CT molecular complexity index is 617. The maximum atomic E-state index is 10.6.